The number of anilines is 3. The van der Waals surface area contributed by atoms with Gasteiger partial charge in [-0.3, -0.25) is 9.78 Å². The molecule has 182 valence electrons. The molecule has 0 aliphatic carbocycles. The number of aromatic nitrogens is 3. The summed E-state index contributed by atoms with van der Waals surface area (Å²) in [6.45, 7) is 2.42. The Morgan fingerprint density at radius 1 is 1.14 bits per heavy atom. The molecule has 0 radical (unpaired) electrons. The fourth-order valence-electron chi connectivity index (χ4n) is 4.08. The van der Waals surface area contributed by atoms with Gasteiger partial charge >= 0.3 is 0 Å². The van der Waals surface area contributed by atoms with Crippen molar-refractivity contribution in [1.29, 1.82) is 0 Å². The molecule has 8 nitrogen and oxygen atoms in total. The second-order valence-corrected chi connectivity index (χ2v) is 9.35. The van der Waals surface area contributed by atoms with Crippen molar-refractivity contribution in [3.63, 3.8) is 0 Å². The fraction of sp³-hybridized carbons (Fsp3) is 0.148. The summed E-state index contributed by atoms with van der Waals surface area (Å²) in [5.41, 5.74) is 11.4. The molecule has 1 aliphatic rings. The van der Waals surface area contributed by atoms with Gasteiger partial charge in [-0.15, -0.1) is 11.8 Å². The molecule has 4 aromatic rings. The molecule has 0 fully saturated rings. The van der Waals surface area contributed by atoms with Crippen molar-refractivity contribution in [2.45, 2.75) is 18.8 Å². The Hall–Kier alpha value is -4.24. The van der Waals surface area contributed by atoms with Gasteiger partial charge in [-0.2, -0.15) is 5.10 Å². The standard InChI is InChI=1S/C27H26N6O2S/c1-18-15-21(32-13-14-36-27(32)20-9-11-29-12-10-20)5-8-23(18)26(34)31-24-16-30-33(25(24)28)17-19-3-6-22(35-2)7-4-19/h3-16,27H,17,28H2,1-2H3,(H,31,34). The molecule has 0 saturated carbocycles. The normalized spacial score (nSPS) is 14.7. The molecule has 1 aliphatic heterocycles. The molecule has 9 heteroatoms. The first kappa shape index (κ1) is 23.5. The van der Waals surface area contributed by atoms with E-state index in [-0.39, 0.29) is 11.3 Å². The Kier molecular flexibility index (Phi) is 6.64. The molecule has 1 unspecified atom stereocenters. The molecule has 0 saturated heterocycles. The Labute approximate surface area is 213 Å². The van der Waals surface area contributed by atoms with E-state index in [4.69, 9.17) is 10.5 Å². The Morgan fingerprint density at radius 3 is 2.64 bits per heavy atom. The number of carbonyl (C=O) groups is 1. The summed E-state index contributed by atoms with van der Waals surface area (Å²) < 4.78 is 6.86. The van der Waals surface area contributed by atoms with Crippen molar-refractivity contribution in [2.75, 3.05) is 23.1 Å². The van der Waals surface area contributed by atoms with Crippen LogP contribution in [-0.2, 0) is 6.54 Å². The van der Waals surface area contributed by atoms with Crippen molar-refractivity contribution < 1.29 is 9.53 Å². The van der Waals surface area contributed by atoms with Crippen LogP contribution >= 0.6 is 11.8 Å². The maximum atomic E-state index is 13.1. The van der Waals surface area contributed by atoms with Crippen molar-refractivity contribution in [1.82, 2.24) is 14.8 Å². The summed E-state index contributed by atoms with van der Waals surface area (Å²) in [5, 5.41) is 9.47. The average Bonchev–Trinajstić information content (AvgIpc) is 3.53. The van der Waals surface area contributed by atoms with Crippen LogP contribution in [-0.4, -0.2) is 27.8 Å². The number of amides is 1. The van der Waals surface area contributed by atoms with Crippen LogP contribution in [0, 0.1) is 6.92 Å². The van der Waals surface area contributed by atoms with Crippen LogP contribution < -0.4 is 20.7 Å². The maximum absolute atomic E-state index is 13.1. The molecule has 0 bridgehead atoms. The number of hydrogen-bond donors (Lipinski definition) is 2. The van der Waals surface area contributed by atoms with Crippen LogP contribution in [0.25, 0.3) is 0 Å². The highest BCUT2D eigenvalue weighted by Gasteiger charge is 2.24. The fourth-order valence-corrected chi connectivity index (χ4v) is 5.07. The predicted molar refractivity (Wildman–Crippen MR) is 144 cm³/mol. The molecule has 2 aromatic heterocycles. The lowest BCUT2D eigenvalue weighted by Gasteiger charge is -2.26. The van der Waals surface area contributed by atoms with Crippen LogP contribution in [0.1, 0.15) is 32.4 Å². The number of aryl methyl sites for hydroxylation is 1. The van der Waals surface area contributed by atoms with Crippen molar-refractivity contribution in [3.8, 4) is 5.75 Å². The number of nitrogens with zero attached hydrogens (tertiary/aromatic N) is 4. The van der Waals surface area contributed by atoms with E-state index < -0.39 is 0 Å². The molecule has 2 aromatic carbocycles. The molecule has 0 spiro atoms. The third-order valence-electron chi connectivity index (χ3n) is 6.05. The zero-order valence-corrected chi connectivity index (χ0v) is 20.8. The molecular weight excluding hydrogens is 472 g/mol. The third-order valence-corrected chi connectivity index (χ3v) is 7.08. The van der Waals surface area contributed by atoms with Crippen LogP contribution in [0.4, 0.5) is 17.2 Å². The number of pyridine rings is 1. The van der Waals surface area contributed by atoms with Crippen molar-refractivity contribution >= 4 is 34.9 Å². The molecular formula is C27H26N6O2S. The van der Waals surface area contributed by atoms with E-state index in [9.17, 15) is 4.79 Å². The summed E-state index contributed by atoms with van der Waals surface area (Å²) >= 11 is 1.73. The Morgan fingerprint density at radius 2 is 1.92 bits per heavy atom. The predicted octanol–water partition coefficient (Wildman–Crippen LogP) is 5.20. The maximum Gasteiger partial charge on any atom is 0.256 e. The van der Waals surface area contributed by atoms with E-state index in [1.54, 1.807) is 42.1 Å². The van der Waals surface area contributed by atoms with Crippen LogP contribution in [0.15, 0.2) is 84.8 Å². The number of methoxy groups -OCH3 is 1. The monoisotopic (exact) mass is 498 g/mol. The summed E-state index contributed by atoms with van der Waals surface area (Å²) in [4.78, 5) is 19.4. The Bertz CT molecular complexity index is 1400. The van der Waals surface area contributed by atoms with E-state index in [1.165, 1.54) is 5.56 Å². The van der Waals surface area contributed by atoms with Crippen LogP contribution in [0.5, 0.6) is 5.75 Å². The lowest BCUT2D eigenvalue weighted by atomic mass is 10.1. The molecule has 1 amide bonds. The summed E-state index contributed by atoms with van der Waals surface area (Å²) in [7, 11) is 1.63. The van der Waals surface area contributed by atoms with E-state index in [2.05, 4.69) is 31.9 Å². The topological polar surface area (TPSA) is 98.3 Å². The largest absolute Gasteiger partial charge is 0.497 e. The quantitative estimate of drug-likeness (QED) is 0.361. The first-order chi connectivity index (χ1) is 17.5. The minimum Gasteiger partial charge on any atom is -0.497 e. The molecule has 3 heterocycles. The van der Waals surface area contributed by atoms with Gasteiger partial charge in [-0.05, 0) is 71.5 Å². The lowest BCUT2D eigenvalue weighted by Crippen LogP contribution is -2.18. The SMILES string of the molecule is COc1ccc(Cn2ncc(NC(=O)c3ccc(N4C=CSC4c4ccncc4)cc3C)c2N)cc1. The second-order valence-electron chi connectivity index (χ2n) is 8.36. The number of nitrogens with one attached hydrogen (secondary N) is 1. The first-order valence-corrected chi connectivity index (χ1v) is 12.3. The van der Waals surface area contributed by atoms with Crippen molar-refractivity contribution in [3.05, 3.63) is 107 Å². The zero-order chi connectivity index (χ0) is 25.1. The van der Waals surface area contributed by atoms with Gasteiger partial charge in [0.2, 0.25) is 0 Å². The number of benzene rings is 2. The molecule has 3 N–H and O–H groups in total. The lowest BCUT2D eigenvalue weighted by molar-refractivity contribution is 0.102. The number of ether oxygens (including phenoxy) is 1. The average molecular weight is 499 g/mol. The second kappa shape index (κ2) is 10.2. The van der Waals surface area contributed by atoms with Crippen molar-refractivity contribution in [2.24, 2.45) is 0 Å². The van der Waals surface area contributed by atoms with E-state index in [1.807, 2.05) is 61.5 Å². The highest BCUT2D eigenvalue weighted by atomic mass is 32.2. The van der Waals surface area contributed by atoms with E-state index in [0.717, 1.165) is 22.6 Å². The summed E-state index contributed by atoms with van der Waals surface area (Å²) in [5.74, 6) is 0.952. The van der Waals surface area contributed by atoms with Crippen LogP contribution in [0.2, 0.25) is 0 Å². The van der Waals surface area contributed by atoms with Gasteiger partial charge < -0.3 is 20.7 Å². The van der Waals surface area contributed by atoms with Gasteiger partial charge in [-0.25, -0.2) is 4.68 Å². The number of hydrogen-bond acceptors (Lipinski definition) is 7. The number of rotatable bonds is 7. The van der Waals surface area contributed by atoms with Gasteiger partial charge in [0.15, 0.2) is 0 Å². The zero-order valence-electron chi connectivity index (χ0n) is 20.0. The number of nitrogens with two attached hydrogens (primary N) is 1. The van der Waals surface area contributed by atoms with Gasteiger partial charge in [0.25, 0.3) is 5.91 Å². The molecule has 5 rings (SSSR count). The summed E-state index contributed by atoms with van der Waals surface area (Å²) in [6.07, 6.45) is 7.24. The van der Waals surface area contributed by atoms with Crippen LogP contribution in [0.3, 0.4) is 0 Å². The van der Waals surface area contributed by atoms with E-state index in [0.29, 0.717) is 23.6 Å². The van der Waals surface area contributed by atoms with Gasteiger partial charge in [0.05, 0.1) is 19.9 Å². The smallest absolute Gasteiger partial charge is 0.256 e. The highest BCUT2D eigenvalue weighted by molar-refractivity contribution is 8.02. The van der Waals surface area contributed by atoms with Gasteiger partial charge in [-0.1, -0.05) is 12.1 Å². The summed E-state index contributed by atoms with van der Waals surface area (Å²) in [6, 6.07) is 17.6. The number of nitrogen functional groups attached to an aromatic ring is 1. The Balaban J connectivity index is 1.29. The minimum absolute atomic E-state index is 0.128. The van der Waals surface area contributed by atoms with E-state index >= 15 is 0 Å². The van der Waals surface area contributed by atoms with Gasteiger partial charge in [0.1, 0.15) is 22.6 Å². The number of carbonyl (C=O) groups excluding carboxylic acids is 1. The van der Waals surface area contributed by atoms with Gasteiger partial charge in [0, 0.05) is 29.8 Å². The minimum atomic E-state index is -0.230. The highest BCUT2D eigenvalue weighted by Crippen LogP contribution is 2.42. The third kappa shape index (κ3) is 4.78. The number of thioether (sulfide) groups is 1. The molecule has 1 atom stereocenters. The molecule has 36 heavy (non-hydrogen) atoms. The first-order valence-electron chi connectivity index (χ1n) is 11.4.